The van der Waals surface area contributed by atoms with Gasteiger partial charge in [-0.2, -0.15) is 0 Å². The smallest absolute Gasteiger partial charge is 0.308 e. The molecule has 2 fully saturated rings. The van der Waals surface area contributed by atoms with E-state index in [-0.39, 0.29) is 33.5 Å². The summed E-state index contributed by atoms with van der Waals surface area (Å²) in [6.45, 7) is 16.2. The predicted octanol–water partition coefficient (Wildman–Crippen LogP) is 7.84. The van der Waals surface area contributed by atoms with Gasteiger partial charge in [-0.1, -0.05) is 57.4 Å². The van der Waals surface area contributed by atoms with Gasteiger partial charge in [0.25, 0.3) is 0 Å². The highest BCUT2D eigenvalue weighted by Gasteiger charge is 2.64. The van der Waals surface area contributed by atoms with Crippen molar-refractivity contribution in [3.63, 3.8) is 0 Å². The van der Waals surface area contributed by atoms with Crippen molar-refractivity contribution in [3.05, 3.63) is 22.8 Å². The second-order valence-corrected chi connectivity index (χ2v) is 13.5. The lowest BCUT2D eigenvalue weighted by atomic mass is 9.43. The zero-order chi connectivity index (χ0) is 25.1. The van der Waals surface area contributed by atoms with Gasteiger partial charge in [-0.3, -0.25) is 9.59 Å². The van der Waals surface area contributed by atoms with Gasteiger partial charge < -0.3 is 4.74 Å². The van der Waals surface area contributed by atoms with Gasteiger partial charge in [-0.15, -0.1) is 0 Å². The fourth-order valence-electron chi connectivity index (χ4n) is 9.36. The molecule has 0 aliphatic heterocycles. The number of hydrogen-bond donors (Lipinski definition) is 0. The van der Waals surface area contributed by atoms with Crippen LogP contribution >= 0.6 is 0 Å². The van der Waals surface area contributed by atoms with Crippen LogP contribution in [0.2, 0.25) is 0 Å². The number of allylic oxidation sites excluding steroid dienone is 4. The van der Waals surface area contributed by atoms with Crippen molar-refractivity contribution in [3.8, 4) is 0 Å². The normalized spacial score (nSPS) is 39.6. The van der Waals surface area contributed by atoms with E-state index in [1.807, 2.05) is 0 Å². The van der Waals surface area contributed by atoms with Crippen LogP contribution in [0.25, 0.3) is 0 Å². The lowest BCUT2D eigenvalue weighted by Crippen LogP contribution is -2.54. The Balaban J connectivity index is 1.70. The van der Waals surface area contributed by atoms with Gasteiger partial charge in [-0.25, -0.2) is 0 Å². The molecular formula is C31H48O3. The maximum Gasteiger partial charge on any atom is 0.308 e. The van der Waals surface area contributed by atoms with Gasteiger partial charge in [0.1, 0.15) is 5.78 Å². The lowest BCUT2D eigenvalue weighted by Gasteiger charge is -2.60. The molecule has 0 bridgehead atoms. The van der Waals surface area contributed by atoms with E-state index >= 15 is 0 Å². The molecule has 0 radical (unpaired) electrons. The standard InChI is InChI=1S/C31H48O3/c1-20(2)10-9-11-21(27(33)34-8)22-14-18-31(7)24-12-13-25-28(3,4)26(32)16-17-29(25,5)23(24)15-19-30(22,31)6/h10,21-22,25H,9,11-19H2,1-8H3. The summed E-state index contributed by atoms with van der Waals surface area (Å²) in [5.41, 5.74) is 4.93. The molecular weight excluding hydrogens is 420 g/mol. The van der Waals surface area contributed by atoms with Crippen LogP contribution in [0.15, 0.2) is 22.8 Å². The van der Waals surface area contributed by atoms with E-state index in [2.05, 4.69) is 54.5 Å². The van der Waals surface area contributed by atoms with Gasteiger partial charge in [-0.05, 0) is 99.7 Å². The molecule has 0 aromatic carbocycles. The van der Waals surface area contributed by atoms with Crippen molar-refractivity contribution >= 4 is 11.8 Å². The third-order valence-corrected chi connectivity index (χ3v) is 11.6. The minimum Gasteiger partial charge on any atom is -0.469 e. The average molecular weight is 469 g/mol. The Morgan fingerprint density at radius 3 is 2.35 bits per heavy atom. The first-order valence-corrected chi connectivity index (χ1v) is 13.8. The fourth-order valence-corrected chi connectivity index (χ4v) is 9.36. The molecule has 0 heterocycles. The van der Waals surface area contributed by atoms with Gasteiger partial charge in [0.15, 0.2) is 0 Å². The molecule has 190 valence electrons. The monoisotopic (exact) mass is 468 g/mol. The number of carbonyl (C=O) groups is 2. The summed E-state index contributed by atoms with van der Waals surface area (Å²) >= 11 is 0. The highest BCUT2D eigenvalue weighted by atomic mass is 16.5. The quantitative estimate of drug-likeness (QED) is 0.305. The molecule has 4 rings (SSSR count). The summed E-state index contributed by atoms with van der Waals surface area (Å²) in [4.78, 5) is 25.9. The number of carbonyl (C=O) groups excluding carboxylic acids is 2. The number of Topliss-reactive ketones (excluding diaryl/α,β-unsaturated/α-hetero) is 1. The fraction of sp³-hybridized carbons (Fsp3) is 0.806. The largest absolute Gasteiger partial charge is 0.469 e. The number of esters is 1. The number of ketones is 1. The number of hydrogen-bond acceptors (Lipinski definition) is 3. The second kappa shape index (κ2) is 8.63. The maximum absolute atomic E-state index is 13.0. The van der Waals surface area contributed by atoms with Crippen molar-refractivity contribution in [1.82, 2.24) is 0 Å². The first-order valence-electron chi connectivity index (χ1n) is 13.8. The summed E-state index contributed by atoms with van der Waals surface area (Å²) in [5, 5.41) is 0. The SMILES string of the molecule is COC(=O)C(CCC=C(C)C)C1CCC2(C)C3=C(CCC12C)C1(C)CCC(=O)C(C)(C)C1CC3. The maximum atomic E-state index is 13.0. The van der Waals surface area contributed by atoms with E-state index in [1.165, 1.54) is 12.0 Å². The molecule has 0 spiro atoms. The van der Waals surface area contributed by atoms with Gasteiger partial charge in [0, 0.05) is 11.8 Å². The van der Waals surface area contributed by atoms with Gasteiger partial charge in [0.05, 0.1) is 13.0 Å². The van der Waals surface area contributed by atoms with Crippen molar-refractivity contribution in [2.75, 3.05) is 7.11 Å². The lowest BCUT2D eigenvalue weighted by molar-refractivity contribution is -0.150. The molecule has 4 aliphatic rings. The van der Waals surface area contributed by atoms with Crippen LogP contribution < -0.4 is 0 Å². The third kappa shape index (κ3) is 3.58. The topological polar surface area (TPSA) is 43.4 Å². The molecule has 3 nitrogen and oxygen atoms in total. The molecule has 3 heteroatoms. The molecule has 6 unspecified atom stereocenters. The molecule has 0 aromatic heterocycles. The summed E-state index contributed by atoms with van der Waals surface area (Å²) in [6, 6.07) is 0. The van der Waals surface area contributed by atoms with Gasteiger partial charge >= 0.3 is 5.97 Å². The molecule has 4 aliphatic carbocycles. The van der Waals surface area contributed by atoms with Crippen molar-refractivity contribution in [2.45, 2.75) is 113 Å². The van der Waals surface area contributed by atoms with Crippen molar-refractivity contribution in [1.29, 1.82) is 0 Å². The summed E-state index contributed by atoms with van der Waals surface area (Å²) in [5.74, 6) is 1.26. The molecule has 34 heavy (non-hydrogen) atoms. The van der Waals surface area contributed by atoms with Gasteiger partial charge in [0.2, 0.25) is 0 Å². The van der Waals surface area contributed by atoms with E-state index in [4.69, 9.17) is 4.74 Å². The third-order valence-electron chi connectivity index (χ3n) is 11.6. The number of methoxy groups -OCH3 is 1. The Morgan fingerprint density at radius 2 is 1.71 bits per heavy atom. The first-order chi connectivity index (χ1) is 15.8. The predicted molar refractivity (Wildman–Crippen MR) is 138 cm³/mol. The Bertz CT molecular complexity index is 919. The van der Waals surface area contributed by atoms with E-state index in [9.17, 15) is 9.59 Å². The van der Waals surface area contributed by atoms with Crippen LogP contribution in [0, 0.1) is 39.4 Å². The molecule has 0 N–H and O–H groups in total. The summed E-state index contributed by atoms with van der Waals surface area (Å²) < 4.78 is 5.36. The Labute approximate surface area is 208 Å². The minimum absolute atomic E-state index is 0.0133. The highest BCUT2D eigenvalue weighted by molar-refractivity contribution is 5.85. The average Bonchev–Trinajstić information content (AvgIpc) is 3.05. The van der Waals surface area contributed by atoms with E-state index in [1.54, 1.807) is 18.3 Å². The van der Waals surface area contributed by atoms with Crippen LogP contribution in [-0.2, 0) is 14.3 Å². The molecule has 2 saturated carbocycles. The highest BCUT2D eigenvalue weighted by Crippen LogP contribution is 2.72. The minimum atomic E-state index is -0.216. The first kappa shape index (κ1) is 25.7. The van der Waals surface area contributed by atoms with Crippen LogP contribution in [0.5, 0.6) is 0 Å². The van der Waals surface area contributed by atoms with Crippen molar-refractivity contribution in [2.24, 2.45) is 39.4 Å². The van der Waals surface area contributed by atoms with Crippen LogP contribution in [0.4, 0.5) is 0 Å². The summed E-state index contributed by atoms with van der Waals surface area (Å²) in [6.07, 6.45) is 12.7. The molecule has 6 atom stereocenters. The van der Waals surface area contributed by atoms with Crippen molar-refractivity contribution < 1.29 is 14.3 Å². The van der Waals surface area contributed by atoms with Crippen LogP contribution in [0.3, 0.4) is 0 Å². The zero-order valence-electron chi connectivity index (χ0n) is 23.1. The molecule has 0 amide bonds. The number of rotatable bonds is 5. The molecule has 0 aromatic rings. The number of fused-ring (bicyclic) bond motifs is 4. The molecule has 0 saturated heterocycles. The zero-order valence-corrected chi connectivity index (χ0v) is 23.1. The Kier molecular flexibility index (Phi) is 6.52. The van der Waals surface area contributed by atoms with Crippen LogP contribution in [-0.4, -0.2) is 18.9 Å². The second-order valence-electron chi connectivity index (χ2n) is 13.5. The summed E-state index contributed by atoms with van der Waals surface area (Å²) in [7, 11) is 1.56. The van der Waals surface area contributed by atoms with Crippen LogP contribution in [0.1, 0.15) is 113 Å². The van der Waals surface area contributed by atoms with E-state index < -0.39 is 0 Å². The van der Waals surface area contributed by atoms with E-state index in [0.717, 1.165) is 57.8 Å². The number of ether oxygens (including phenoxy) is 1. The Hall–Kier alpha value is -1.38. The van der Waals surface area contributed by atoms with E-state index in [0.29, 0.717) is 17.6 Å². The Morgan fingerprint density at radius 1 is 1.00 bits per heavy atom.